The Bertz CT molecular complexity index is 596. The number of aliphatic hydroxyl groups is 1. The van der Waals surface area contributed by atoms with Crippen LogP contribution in [0.4, 0.5) is 5.69 Å². The SMILES string of the molecule is CCSc1ccc(C(O)CCN2CCc3ccccc32)s1. The lowest BCUT2D eigenvalue weighted by atomic mass is 10.2. The highest BCUT2D eigenvalue weighted by Gasteiger charge is 2.19. The van der Waals surface area contributed by atoms with Crippen LogP contribution in [0.3, 0.4) is 0 Å². The van der Waals surface area contributed by atoms with Gasteiger partial charge in [-0.1, -0.05) is 25.1 Å². The second-order valence-corrected chi connectivity index (χ2v) is 7.94. The van der Waals surface area contributed by atoms with Crippen molar-refractivity contribution in [1.29, 1.82) is 0 Å². The number of benzene rings is 1. The van der Waals surface area contributed by atoms with E-state index in [0.29, 0.717) is 0 Å². The van der Waals surface area contributed by atoms with E-state index in [4.69, 9.17) is 0 Å². The van der Waals surface area contributed by atoms with Crippen molar-refractivity contribution in [3.05, 3.63) is 46.8 Å². The molecule has 0 spiro atoms. The number of aliphatic hydroxyl groups excluding tert-OH is 1. The molecule has 1 N–H and O–H groups in total. The standard InChI is InChI=1S/C17H21NOS2/c1-2-20-17-8-7-16(21-17)15(19)10-12-18-11-9-13-5-3-4-6-14(13)18/h3-8,15,19H,2,9-12H2,1H3. The van der Waals surface area contributed by atoms with E-state index in [1.54, 1.807) is 11.3 Å². The van der Waals surface area contributed by atoms with Gasteiger partial charge in [0.25, 0.3) is 0 Å². The van der Waals surface area contributed by atoms with Crippen molar-refractivity contribution in [2.45, 2.75) is 30.1 Å². The number of thiophene rings is 1. The molecule has 0 fully saturated rings. The first-order valence-electron chi connectivity index (χ1n) is 7.51. The zero-order valence-corrected chi connectivity index (χ0v) is 13.9. The largest absolute Gasteiger partial charge is 0.388 e. The molecule has 4 heteroatoms. The summed E-state index contributed by atoms with van der Waals surface area (Å²) in [4.78, 5) is 3.49. The van der Waals surface area contributed by atoms with E-state index >= 15 is 0 Å². The topological polar surface area (TPSA) is 23.5 Å². The molecular weight excluding hydrogens is 298 g/mol. The number of anilines is 1. The third kappa shape index (κ3) is 3.44. The van der Waals surface area contributed by atoms with Gasteiger partial charge in [-0.25, -0.2) is 0 Å². The van der Waals surface area contributed by atoms with Crippen LogP contribution >= 0.6 is 23.1 Å². The zero-order chi connectivity index (χ0) is 14.7. The summed E-state index contributed by atoms with van der Waals surface area (Å²) in [5.74, 6) is 1.08. The monoisotopic (exact) mass is 319 g/mol. The van der Waals surface area contributed by atoms with Gasteiger partial charge in [0.15, 0.2) is 0 Å². The van der Waals surface area contributed by atoms with Gasteiger partial charge in [0.1, 0.15) is 0 Å². The highest BCUT2D eigenvalue weighted by molar-refractivity contribution is 8.01. The van der Waals surface area contributed by atoms with Gasteiger partial charge in [-0.05, 0) is 42.4 Å². The number of hydrogen-bond donors (Lipinski definition) is 1. The number of rotatable bonds is 6. The van der Waals surface area contributed by atoms with Gasteiger partial charge in [0, 0.05) is 23.7 Å². The van der Waals surface area contributed by atoms with Gasteiger partial charge < -0.3 is 10.0 Å². The summed E-state index contributed by atoms with van der Waals surface area (Å²) in [6.07, 6.45) is 1.59. The van der Waals surface area contributed by atoms with E-state index in [-0.39, 0.29) is 6.10 Å². The Morgan fingerprint density at radius 1 is 1.29 bits per heavy atom. The molecule has 3 rings (SSSR count). The molecule has 0 saturated heterocycles. The first kappa shape index (κ1) is 14.9. The Balaban J connectivity index is 1.57. The molecule has 112 valence electrons. The van der Waals surface area contributed by atoms with Crippen LogP contribution in [-0.4, -0.2) is 23.9 Å². The van der Waals surface area contributed by atoms with Gasteiger partial charge in [-0.3, -0.25) is 0 Å². The second kappa shape index (κ2) is 6.86. The third-order valence-electron chi connectivity index (χ3n) is 3.87. The molecule has 0 saturated carbocycles. The number of fused-ring (bicyclic) bond motifs is 1. The molecule has 2 heterocycles. The fourth-order valence-electron chi connectivity index (χ4n) is 2.79. The molecule has 0 aliphatic carbocycles. The second-order valence-electron chi connectivity index (χ2n) is 5.26. The van der Waals surface area contributed by atoms with Crippen LogP contribution in [0, 0.1) is 0 Å². The normalized spacial score (nSPS) is 15.2. The zero-order valence-electron chi connectivity index (χ0n) is 12.3. The number of thioether (sulfide) groups is 1. The van der Waals surface area contributed by atoms with Gasteiger partial charge >= 0.3 is 0 Å². The third-order valence-corrected chi connectivity index (χ3v) is 6.17. The predicted molar refractivity (Wildman–Crippen MR) is 92.7 cm³/mol. The average molecular weight is 319 g/mol. The molecule has 1 aliphatic heterocycles. The van der Waals surface area contributed by atoms with Gasteiger partial charge in [0.05, 0.1) is 10.3 Å². The first-order chi connectivity index (χ1) is 10.3. The van der Waals surface area contributed by atoms with Crippen LogP contribution in [0.1, 0.15) is 29.9 Å². The van der Waals surface area contributed by atoms with E-state index < -0.39 is 0 Å². The van der Waals surface area contributed by atoms with Crippen molar-refractivity contribution < 1.29 is 5.11 Å². The minimum absolute atomic E-state index is 0.339. The molecule has 0 bridgehead atoms. The quantitative estimate of drug-likeness (QED) is 0.801. The van der Waals surface area contributed by atoms with Crippen molar-refractivity contribution in [1.82, 2.24) is 0 Å². The number of nitrogens with zero attached hydrogens (tertiary/aromatic N) is 1. The summed E-state index contributed by atoms with van der Waals surface area (Å²) in [5, 5.41) is 10.4. The maximum atomic E-state index is 10.4. The van der Waals surface area contributed by atoms with Crippen LogP contribution in [0.25, 0.3) is 0 Å². The van der Waals surface area contributed by atoms with Crippen LogP contribution in [-0.2, 0) is 6.42 Å². The molecular formula is C17H21NOS2. The van der Waals surface area contributed by atoms with Crippen LogP contribution < -0.4 is 4.90 Å². The maximum Gasteiger partial charge on any atom is 0.0899 e. The minimum atomic E-state index is -0.339. The predicted octanol–water partition coefficient (Wildman–Crippen LogP) is 4.35. The molecule has 1 aliphatic rings. The lowest BCUT2D eigenvalue weighted by Crippen LogP contribution is -2.23. The van der Waals surface area contributed by atoms with E-state index in [0.717, 1.165) is 36.6 Å². The Morgan fingerprint density at radius 3 is 3.00 bits per heavy atom. The van der Waals surface area contributed by atoms with Gasteiger partial charge in [0.2, 0.25) is 0 Å². The summed E-state index contributed by atoms with van der Waals surface area (Å²) < 4.78 is 1.30. The van der Waals surface area contributed by atoms with E-state index in [1.807, 2.05) is 11.8 Å². The van der Waals surface area contributed by atoms with Crippen LogP contribution in [0.15, 0.2) is 40.6 Å². The summed E-state index contributed by atoms with van der Waals surface area (Å²) >= 11 is 3.57. The van der Waals surface area contributed by atoms with Gasteiger partial charge in [-0.2, -0.15) is 0 Å². The highest BCUT2D eigenvalue weighted by Crippen LogP contribution is 2.33. The summed E-state index contributed by atoms with van der Waals surface area (Å²) in [7, 11) is 0. The van der Waals surface area contributed by atoms with Crippen molar-refractivity contribution in [3.63, 3.8) is 0 Å². The van der Waals surface area contributed by atoms with Crippen molar-refractivity contribution in [3.8, 4) is 0 Å². The molecule has 1 aromatic carbocycles. The molecule has 2 aromatic rings. The molecule has 0 amide bonds. The van der Waals surface area contributed by atoms with E-state index in [9.17, 15) is 5.11 Å². The van der Waals surface area contributed by atoms with Crippen LogP contribution in [0.5, 0.6) is 0 Å². The van der Waals surface area contributed by atoms with E-state index in [2.05, 4.69) is 48.2 Å². The fourth-order valence-corrected chi connectivity index (χ4v) is 4.88. The summed E-state index contributed by atoms with van der Waals surface area (Å²) in [6, 6.07) is 12.8. The molecule has 1 atom stereocenters. The van der Waals surface area contributed by atoms with Crippen LogP contribution in [0.2, 0.25) is 0 Å². The minimum Gasteiger partial charge on any atom is -0.388 e. The number of hydrogen-bond acceptors (Lipinski definition) is 4. The lowest BCUT2D eigenvalue weighted by molar-refractivity contribution is 0.173. The molecule has 0 radical (unpaired) electrons. The fraction of sp³-hybridized carbons (Fsp3) is 0.412. The molecule has 1 aromatic heterocycles. The van der Waals surface area contributed by atoms with E-state index in [1.165, 1.54) is 15.5 Å². The number of para-hydroxylation sites is 1. The Morgan fingerprint density at radius 2 is 2.14 bits per heavy atom. The van der Waals surface area contributed by atoms with Crippen molar-refractivity contribution in [2.24, 2.45) is 0 Å². The Labute approximate surface area is 134 Å². The average Bonchev–Trinajstić information content (AvgIpc) is 3.12. The lowest BCUT2D eigenvalue weighted by Gasteiger charge is -2.20. The maximum absolute atomic E-state index is 10.4. The Hall–Kier alpha value is -0.970. The molecule has 1 unspecified atom stereocenters. The highest BCUT2D eigenvalue weighted by atomic mass is 32.2. The van der Waals surface area contributed by atoms with Gasteiger partial charge in [-0.15, -0.1) is 23.1 Å². The summed E-state index contributed by atoms with van der Waals surface area (Å²) in [6.45, 7) is 4.16. The van der Waals surface area contributed by atoms with Crippen molar-refractivity contribution >= 4 is 28.8 Å². The summed E-state index contributed by atoms with van der Waals surface area (Å²) in [5.41, 5.74) is 2.78. The molecule has 2 nitrogen and oxygen atoms in total. The van der Waals surface area contributed by atoms with Crippen molar-refractivity contribution in [2.75, 3.05) is 23.7 Å². The smallest absolute Gasteiger partial charge is 0.0899 e. The first-order valence-corrected chi connectivity index (χ1v) is 9.31. The molecule has 21 heavy (non-hydrogen) atoms. The Kier molecular flexibility index (Phi) is 4.88.